The highest BCUT2D eigenvalue weighted by molar-refractivity contribution is 5.80. The third-order valence-corrected chi connectivity index (χ3v) is 6.00. The molecule has 0 saturated carbocycles. The Balaban J connectivity index is 1.41. The van der Waals surface area contributed by atoms with Crippen molar-refractivity contribution in [2.75, 3.05) is 26.7 Å². The first-order valence-corrected chi connectivity index (χ1v) is 11.3. The Morgan fingerprint density at radius 3 is 2.74 bits per heavy atom. The summed E-state index contributed by atoms with van der Waals surface area (Å²) in [6.45, 7) is 7.14. The normalized spacial score (nSPS) is 16.9. The summed E-state index contributed by atoms with van der Waals surface area (Å²) in [5.74, 6) is 2.47. The summed E-state index contributed by atoms with van der Waals surface area (Å²) in [4.78, 5) is 18.6. The molecular weight excluding hydrogens is 390 g/mol. The Labute approximate surface area is 185 Å². The Hall–Kier alpha value is -2.83. The standard InChI is InChI=1S/C24H35N5O2/c1-4-20(5-2)22-14-21(31-28-22)16-27-24(25-3)26-15-19-13-23(30)29(17-19)12-11-18-9-7-6-8-10-18/h6-10,14,19-20H,4-5,11-13,15-17H2,1-3H3,(H2,25,26,27). The molecule has 31 heavy (non-hydrogen) atoms. The fourth-order valence-electron chi connectivity index (χ4n) is 4.06. The van der Waals surface area contributed by atoms with Crippen molar-refractivity contribution in [3.63, 3.8) is 0 Å². The molecule has 1 saturated heterocycles. The molecule has 0 radical (unpaired) electrons. The maximum absolute atomic E-state index is 12.4. The number of hydrogen-bond donors (Lipinski definition) is 2. The number of aromatic nitrogens is 1. The molecule has 1 aromatic heterocycles. The summed E-state index contributed by atoms with van der Waals surface area (Å²) in [6.07, 6.45) is 3.59. The zero-order valence-electron chi connectivity index (χ0n) is 18.9. The second-order valence-corrected chi connectivity index (χ2v) is 8.18. The molecular formula is C24H35N5O2. The molecule has 1 aliphatic heterocycles. The number of amides is 1. The van der Waals surface area contributed by atoms with E-state index >= 15 is 0 Å². The highest BCUT2D eigenvalue weighted by atomic mass is 16.5. The maximum atomic E-state index is 12.4. The number of aliphatic imine (C=N–C) groups is 1. The van der Waals surface area contributed by atoms with Gasteiger partial charge in [-0.2, -0.15) is 0 Å². The van der Waals surface area contributed by atoms with Gasteiger partial charge in [-0.25, -0.2) is 0 Å². The van der Waals surface area contributed by atoms with Gasteiger partial charge in [0.2, 0.25) is 5.91 Å². The summed E-state index contributed by atoms with van der Waals surface area (Å²) in [7, 11) is 1.75. The molecule has 2 heterocycles. The fourth-order valence-corrected chi connectivity index (χ4v) is 4.06. The number of nitrogens with one attached hydrogen (secondary N) is 2. The highest BCUT2D eigenvalue weighted by Gasteiger charge is 2.29. The minimum Gasteiger partial charge on any atom is -0.359 e. The average Bonchev–Trinajstić information content (AvgIpc) is 3.40. The highest BCUT2D eigenvalue weighted by Crippen LogP contribution is 2.22. The largest absolute Gasteiger partial charge is 0.359 e. The van der Waals surface area contributed by atoms with Gasteiger partial charge in [0.25, 0.3) is 0 Å². The van der Waals surface area contributed by atoms with Crippen LogP contribution in [0.15, 0.2) is 45.9 Å². The van der Waals surface area contributed by atoms with Gasteiger partial charge in [0.15, 0.2) is 11.7 Å². The van der Waals surface area contributed by atoms with Crippen LogP contribution in [0.2, 0.25) is 0 Å². The number of nitrogens with zero attached hydrogens (tertiary/aromatic N) is 3. The Bertz CT molecular complexity index is 845. The fraction of sp³-hybridized carbons (Fsp3) is 0.542. The SMILES string of the molecule is CCC(CC)c1cc(CNC(=NC)NCC2CC(=O)N(CCc3ccccc3)C2)on1. The molecule has 1 fully saturated rings. The number of hydrogen-bond acceptors (Lipinski definition) is 4. The van der Waals surface area contributed by atoms with E-state index < -0.39 is 0 Å². The van der Waals surface area contributed by atoms with Crippen LogP contribution >= 0.6 is 0 Å². The van der Waals surface area contributed by atoms with Gasteiger partial charge in [-0.15, -0.1) is 0 Å². The van der Waals surface area contributed by atoms with Gasteiger partial charge in [0, 0.05) is 51.0 Å². The number of likely N-dealkylation sites (tertiary alicyclic amines) is 1. The van der Waals surface area contributed by atoms with Crippen LogP contribution in [0.25, 0.3) is 0 Å². The molecule has 1 aromatic carbocycles. The Kier molecular flexibility index (Phi) is 8.50. The van der Waals surface area contributed by atoms with Crippen LogP contribution in [0.3, 0.4) is 0 Å². The molecule has 2 N–H and O–H groups in total. The number of guanidine groups is 1. The van der Waals surface area contributed by atoms with Crippen LogP contribution < -0.4 is 10.6 Å². The van der Waals surface area contributed by atoms with E-state index in [1.165, 1.54) is 5.56 Å². The van der Waals surface area contributed by atoms with E-state index in [2.05, 4.69) is 46.8 Å². The predicted octanol–water partition coefficient (Wildman–Crippen LogP) is 3.33. The maximum Gasteiger partial charge on any atom is 0.223 e. The second kappa shape index (κ2) is 11.5. The topological polar surface area (TPSA) is 82.8 Å². The molecule has 2 aromatic rings. The minimum atomic E-state index is 0.237. The molecule has 168 valence electrons. The lowest BCUT2D eigenvalue weighted by atomic mass is 9.99. The van der Waals surface area contributed by atoms with Gasteiger partial charge < -0.3 is 20.1 Å². The van der Waals surface area contributed by atoms with Crippen molar-refractivity contribution in [3.05, 3.63) is 53.4 Å². The van der Waals surface area contributed by atoms with Gasteiger partial charge in [-0.1, -0.05) is 49.3 Å². The first-order chi connectivity index (χ1) is 15.1. The molecule has 3 rings (SSSR count). The van der Waals surface area contributed by atoms with Crippen LogP contribution in [0.4, 0.5) is 0 Å². The molecule has 1 aliphatic rings. The van der Waals surface area contributed by atoms with Gasteiger partial charge in [0.1, 0.15) is 0 Å². The Morgan fingerprint density at radius 2 is 2.03 bits per heavy atom. The van der Waals surface area contributed by atoms with Crippen molar-refractivity contribution in [3.8, 4) is 0 Å². The lowest BCUT2D eigenvalue weighted by Gasteiger charge is -2.17. The van der Waals surface area contributed by atoms with Crippen LogP contribution in [-0.2, 0) is 17.8 Å². The van der Waals surface area contributed by atoms with Crippen LogP contribution in [-0.4, -0.2) is 48.6 Å². The monoisotopic (exact) mass is 425 g/mol. The summed E-state index contributed by atoms with van der Waals surface area (Å²) in [6, 6.07) is 12.3. The number of carbonyl (C=O) groups excluding carboxylic acids is 1. The number of carbonyl (C=O) groups is 1. The van der Waals surface area contributed by atoms with Crippen molar-refractivity contribution in [2.45, 2.75) is 52.0 Å². The van der Waals surface area contributed by atoms with Crippen LogP contribution in [0.5, 0.6) is 0 Å². The molecule has 0 aliphatic carbocycles. The van der Waals surface area contributed by atoms with Crippen LogP contribution in [0.1, 0.15) is 56.0 Å². The van der Waals surface area contributed by atoms with Gasteiger partial charge in [-0.05, 0) is 24.8 Å². The van der Waals surface area contributed by atoms with Gasteiger partial charge in [-0.3, -0.25) is 9.79 Å². The zero-order valence-corrected chi connectivity index (χ0v) is 18.9. The lowest BCUT2D eigenvalue weighted by Crippen LogP contribution is -2.40. The van der Waals surface area contributed by atoms with E-state index in [0.29, 0.717) is 31.4 Å². The predicted molar refractivity (Wildman–Crippen MR) is 123 cm³/mol. The minimum absolute atomic E-state index is 0.237. The van der Waals surface area contributed by atoms with E-state index in [9.17, 15) is 4.79 Å². The number of benzene rings is 1. The summed E-state index contributed by atoms with van der Waals surface area (Å²) in [5, 5.41) is 10.8. The van der Waals surface area contributed by atoms with E-state index in [1.54, 1.807) is 7.05 Å². The molecule has 0 bridgehead atoms. The van der Waals surface area contributed by atoms with Gasteiger partial charge >= 0.3 is 0 Å². The molecule has 1 unspecified atom stereocenters. The third kappa shape index (κ3) is 6.57. The van der Waals surface area contributed by atoms with E-state index in [1.807, 2.05) is 29.2 Å². The smallest absolute Gasteiger partial charge is 0.223 e. The van der Waals surface area contributed by atoms with Crippen molar-refractivity contribution in [1.29, 1.82) is 0 Å². The molecule has 0 spiro atoms. The van der Waals surface area contributed by atoms with E-state index in [-0.39, 0.29) is 11.8 Å². The second-order valence-electron chi connectivity index (χ2n) is 8.18. The molecule has 1 atom stereocenters. The average molecular weight is 426 g/mol. The van der Waals surface area contributed by atoms with Crippen molar-refractivity contribution >= 4 is 11.9 Å². The quantitative estimate of drug-likeness (QED) is 0.451. The molecule has 7 nitrogen and oxygen atoms in total. The van der Waals surface area contributed by atoms with Gasteiger partial charge in [0.05, 0.1) is 12.2 Å². The molecule has 7 heteroatoms. The summed E-state index contributed by atoms with van der Waals surface area (Å²) >= 11 is 0. The van der Waals surface area contributed by atoms with Crippen LogP contribution in [0, 0.1) is 5.92 Å². The third-order valence-electron chi connectivity index (χ3n) is 6.00. The first kappa shape index (κ1) is 22.8. The zero-order chi connectivity index (χ0) is 22.1. The van der Waals surface area contributed by atoms with E-state index in [4.69, 9.17) is 4.52 Å². The summed E-state index contributed by atoms with van der Waals surface area (Å²) in [5.41, 5.74) is 2.28. The lowest BCUT2D eigenvalue weighted by molar-refractivity contribution is -0.127. The summed E-state index contributed by atoms with van der Waals surface area (Å²) < 4.78 is 5.47. The van der Waals surface area contributed by atoms with Crippen molar-refractivity contribution in [1.82, 2.24) is 20.7 Å². The van der Waals surface area contributed by atoms with Crippen molar-refractivity contribution in [2.24, 2.45) is 10.9 Å². The van der Waals surface area contributed by atoms with E-state index in [0.717, 1.165) is 43.8 Å². The van der Waals surface area contributed by atoms with Crippen molar-refractivity contribution < 1.29 is 9.32 Å². The first-order valence-electron chi connectivity index (χ1n) is 11.3. The molecule has 1 amide bonds. The Morgan fingerprint density at radius 1 is 1.26 bits per heavy atom. The number of rotatable bonds is 10.